The Hall–Kier alpha value is -1.41. The number of hydrogen-bond acceptors (Lipinski definition) is 4. The molecule has 0 saturated heterocycles. The number of nitrogens with one attached hydrogen (secondary N) is 1. The predicted molar refractivity (Wildman–Crippen MR) is 78.1 cm³/mol. The van der Waals surface area contributed by atoms with Gasteiger partial charge in [0.15, 0.2) is 0 Å². The second kappa shape index (κ2) is 5.92. The van der Waals surface area contributed by atoms with Crippen molar-refractivity contribution in [2.75, 3.05) is 0 Å². The van der Waals surface area contributed by atoms with Crippen LogP contribution in [0.3, 0.4) is 0 Å². The first-order chi connectivity index (χ1) is 9.47. The molecule has 0 aromatic carbocycles. The molecule has 1 aliphatic rings. The van der Waals surface area contributed by atoms with E-state index in [1.54, 1.807) is 0 Å². The summed E-state index contributed by atoms with van der Waals surface area (Å²) in [7, 11) is 0. The zero-order valence-electron chi connectivity index (χ0n) is 13.0. The molecular formula is C15H25N5. The predicted octanol–water partition coefficient (Wildman–Crippen LogP) is 2.35. The summed E-state index contributed by atoms with van der Waals surface area (Å²) in [5, 5.41) is 17.6. The highest BCUT2D eigenvalue weighted by Crippen LogP contribution is 2.38. The SMILES string of the molecule is Cc1nc(C)n(CCC2CCCC2(C#N)NC(C)C)n1. The number of nitriles is 1. The van der Waals surface area contributed by atoms with E-state index in [1.807, 2.05) is 18.5 Å². The van der Waals surface area contributed by atoms with Crippen LogP contribution in [0.2, 0.25) is 0 Å². The van der Waals surface area contributed by atoms with E-state index in [0.717, 1.165) is 43.9 Å². The third-order valence-corrected chi connectivity index (χ3v) is 4.22. The van der Waals surface area contributed by atoms with Crippen LogP contribution in [0.1, 0.15) is 51.2 Å². The van der Waals surface area contributed by atoms with Crippen molar-refractivity contribution in [1.29, 1.82) is 5.26 Å². The molecule has 1 aromatic rings. The summed E-state index contributed by atoms with van der Waals surface area (Å²) in [5.41, 5.74) is -0.350. The molecule has 2 unspecified atom stereocenters. The molecule has 5 nitrogen and oxygen atoms in total. The molecule has 20 heavy (non-hydrogen) atoms. The molecule has 110 valence electrons. The Morgan fingerprint density at radius 3 is 2.80 bits per heavy atom. The maximum Gasteiger partial charge on any atom is 0.147 e. The third-order valence-electron chi connectivity index (χ3n) is 4.22. The van der Waals surface area contributed by atoms with E-state index < -0.39 is 0 Å². The lowest BCUT2D eigenvalue weighted by Gasteiger charge is -2.32. The molecule has 2 rings (SSSR count). The molecule has 1 fully saturated rings. The maximum absolute atomic E-state index is 9.64. The average molecular weight is 275 g/mol. The number of aryl methyl sites for hydroxylation is 3. The smallest absolute Gasteiger partial charge is 0.147 e. The van der Waals surface area contributed by atoms with Crippen LogP contribution in [-0.4, -0.2) is 26.3 Å². The van der Waals surface area contributed by atoms with Gasteiger partial charge >= 0.3 is 0 Å². The van der Waals surface area contributed by atoms with Gasteiger partial charge in [-0.05, 0) is 52.9 Å². The van der Waals surface area contributed by atoms with Gasteiger partial charge in [0.2, 0.25) is 0 Å². The first-order valence-electron chi connectivity index (χ1n) is 7.54. The molecule has 1 N–H and O–H groups in total. The normalized spacial score (nSPS) is 26.1. The van der Waals surface area contributed by atoms with E-state index in [0.29, 0.717) is 12.0 Å². The van der Waals surface area contributed by atoms with Gasteiger partial charge in [0, 0.05) is 12.6 Å². The van der Waals surface area contributed by atoms with Crippen LogP contribution >= 0.6 is 0 Å². The van der Waals surface area contributed by atoms with Crippen LogP contribution in [0.5, 0.6) is 0 Å². The lowest BCUT2D eigenvalue weighted by atomic mass is 9.85. The minimum absolute atomic E-state index is 0.339. The van der Waals surface area contributed by atoms with Gasteiger partial charge in [-0.15, -0.1) is 0 Å². The molecule has 0 radical (unpaired) electrons. The number of rotatable bonds is 5. The minimum atomic E-state index is -0.350. The van der Waals surface area contributed by atoms with Crippen molar-refractivity contribution in [2.45, 2.75) is 71.5 Å². The topological polar surface area (TPSA) is 66.5 Å². The van der Waals surface area contributed by atoms with Crippen molar-refractivity contribution in [3.8, 4) is 6.07 Å². The van der Waals surface area contributed by atoms with Gasteiger partial charge in [0.1, 0.15) is 17.2 Å². The van der Waals surface area contributed by atoms with Gasteiger partial charge < -0.3 is 0 Å². The third kappa shape index (κ3) is 3.01. The summed E-state index contributed by atoms with van der Waals surface area (Å²) in [6.07, 6.45) is 4.20. The van der Waals surface area contributed by atoms with Gasteiger partial charge in [-0.2, -0.15) is 10.4 Å². The van der Waals surface area contributed by atoms with Gasteiger partial charge in [-0.25, -0.2) is 4.98 Å². The Labute approximate surface area is 121 Å². The van der Waals surface area contributed by atoms with Gasteiger partial charge in [0.25, 0.3) is 0 Å². The van der Waals surface area contributed by atoms with E-state index in [1.165, 1.54) is 0 Å². The van der Waals surface area contributed by atoms with E-state index in [9.17, 15) is 5.26 Å². The van der Waals surface area contributed by atoms with Crippen molar-refractivity contribution in [1.82, 2.24) is 20.1 Å². The maximum atomic E-state index is 9.64. The number of nitrogens with zero attached hydrogens (tertiary/aromatic N) is 4. The summed E-state index contributed by atoms with van der Waals surface area (Å²) < 4.78 is 1.96. The quantitative estimate of drug-likeness (QED) is 0.895. The molecule has 0 bridgehead atoms. The molecule has 2 atom stereocenters. The average Bonchev–Trinajstić information content (AvgIpc) is 2.90. The fourth-order valence-corrected chi connectivity index (χ4v) is 3.40. The standard InChI is InChI=1S/C15H25N5/c1-11(2)18-15(10-16)8-5-6-14(15)7-9-20-13(4)17-12(3)19-20/h11,14,18H,5-9H2,1-4H3. The molecule has 1 aliphatic carbocycles. The van der Waals surface area contributed by atoms with Crippen LogP contribution in [0, 0.1) is 31.1 Å². The Bertz CT molecular complexity index is 499. The lowest BCUT2D eigenvalue weighted by molar-refractivity contribution is 0.268. The Balaban J connectivity index is 2.04. The Morgan fingerprint density at radius 2 is 2.25 bits per heavy atom. The first-order valence-corrected chi connectivity index (χ1v) is 7.54. The highest BCUT2D eigenvalue weighted by molar-refractivity contribution is 5.14. The van der Waals surface area contributed by atoms with Crippen molar-refractivity contribution in [2.24, 2.45) is 5.92 Å². The zero-order valence-corrected chi connectivity index (χ0v) is 13.0. The molecule has 1 heterocycles. The summed E-state index contributed by atoms with van der Waals surface area (Å²) in [6, 6.07) is 2.90. The summed E-state index contributed by atoms with van der Waals surface area (Å²) in [6.45, 7) is 8.97. The Morgan fingerprint density at radius 1 is 1.50 bits per heavy atom. The molecule has 1 aromatic heterocycles. The number of hydrogen-bond donors (Lipinski definition) is 1. The molecule has 0 aliphatic heterocycles. The highest BCUT2D eigenvalue weighted by atomic mass is 15.3. The fraction of sp³-hybridized carbons (Fsp3) is 0.800. The molecule has 0 spiro atoms. The molecule has 1 saturated carbocycles. The van der Waals surface area contributed by atoms with E-state index in [-0.39, 0.29) is 5.54 Å². The summed E-state index contributed by atoms with van der Waals surface area (Å²) in [4.78, 5) is 4.33. The Kier molecular flexibility index (Phi) is 4.44. The largest absolute Gasteiger partial charge is 0.297 e. The molecule has 0 amide bonds. The zero-order chi connectivity index (χ0) is 14.8. The number of aromatic nitrogens is 3. The van der Waals surface area contributed by atoms with Crippen LogP contribution in [-0.2, 0) is 6.54 Å². The monoisotopic (exact) mass is 275 g/mol. The van der Waals surface area contributed by atoms with Gasteiger partial charge in [-0.3, -0.25) is 10.00 Å². The molecule has 5 heteroatoms. The van der Waals surface area contributed by atoms with Gasteiger partial charge in [0.05, 0.1) is 6.07 Å². The minimum Gasteiger partial charge on any atom is -0.297 e. The van der Waals surface area contributed by atoms with Crippen molar-refractivity contribution >= 4 is 0 Å². The summed E-state index contributed by atoms with van der Waals surface area (Å²) >= 11 is 0. The van der Waals surface area contributed by atoms with E-state index in [2.05, 4.69) is 35.3 Å². The highest BCUT2D eigenvalue weighted by Gasteiger charge is 2.43. The van der Waals surface area contributed by atoms with Crippen LogP contribution in [0.4, 0.5) is 0 Å². The van der Waals surface area contributed by atoms with Crippen molar-refractivity contribution in [3.05, 3.63) is 11.6 Å². The van der Waals surface area contributed by atoms with Crippen LogP contribution in [0.25, 0.3) is 0 Å². The molecular weight excluding hydrogens is 250 g/mol. The second-order valence-electron chi connectivity index (χ2n) is 6.19. The van der Waals surface area contributed by atoms with Crippen LogP contribution < -0.4 is 5.32 Å². The van der Waals surface area contributed by atoms with Gasteiger partial charge in [-0.1, -0.05) is 6.42 Å². The van der Waals surface area contributed by atoms with Crippen molar-refractivity contribution < 1.29 is 0 Å². The van der Waals surface area contributed by atoms with Crippen LogP contribution in [0.15, 0.2) is 0 Å². The van der Waals surface area contributed by atoms with E-state index in [4.69, 9.17) is 0 Å². The summed E-state index contributed by atoms with van der Waals surface area (Å²) in [5.74, 6) is 2.18. The first kappa shape index (κ1) is 15.0. The van der Waals surface area contributed by atoms with E-state index >= 15 is 0 Å². The lowest BCUT2D eigenvalue weighted by Crippen LogP contribution is -2.50. The van der Waals surface area contributed by atoms with Crippen molar-refractivity contribution in [3.63, 3.8) is 0 Å². The fourth-order valence-electron chi connectivity index (χ4n) is 3.40. The second-order valence-corrected chi connectivity index (χ2v) is 6.19.